The van der Waals surface area contributed by atoms with Gasteiger partial charge in [0.1, 0.15) is 6.10 Å². The van der Waals surface area contributed by atoms with E-state index in [2.05, 4.69) is 5.32 Å². The molecule has 2 unspecified atom stereocenters. The molecule has 1 aliphatic rings. The molecular formula is C19H23NO3. The summed E-state index contributed by atoms with van der Waals surface area (Å²) in [5.74, 6) is 0.270. The van der Waals surface area contributed by atoms with Crippen molar-refractivity contribution in [3.8, 4) is 11.5 Å². The minimum absolute atomic E-state index is 0.0216. The zero-order valence-electron chi connectivity index (χ0n) is 17.7. The van der Waals surface area contributed by atoms with Gasteiger partial charge in [-0.1, -0.05) is 42.5 Å². The van der Waals surface area contributed by atoms with Gasteiger partial charge in [0.2, 0.25) is 0 Å². The highest BCUT2D eigenvalue weighted by molar-refractivity contribution is 5.40. The fraction of sp³-hybridized carbons (Fsp3) is 0.368. The summed E-state index contributed by atoms with van der Waals surface area (Å²) in [6.07, 6.45) is -0.735. The van der Waals surface area contributed by atoms with Crippen LogP contribution in [-0.4, -0.2) is 32.4 Å². The summed E-state index contributed by atoms with van der Waals surface area (Å²) in [4.78, 5) is 0. The van der Waals surface area contributed by atoms with Crippen molar-refractivity contribution in [2.24, 2.45) is 0 Å². The maximum atomic E-state index is 7.75. The molecule has 0 radical (unpaired) electrons. The number of nitrogens with one attached hydrogen (secondary N) is 1. The Balaban J connectivity index is 1.89. The van der Waals surface area contributed by atoms with Gasteiger partial charge in [0, 0.05) is 17.2 Å². The first-order chi connectivity index (χ1) is 13.3. The minimum atomic E-state index is -2.94. The highest BCUT2D eigenvalue weighted by atomic mass is 16.6. The van der Waals surface area contributed by atoms with Crippen molar-refractivity contribution in [2.75, 3.05) is 26.3 Å². The molecule has 122 valence electrons. The molecule has 0 spiro atoms. The maximum Gasteiger partial charge on any atom is 0.162 e. The zero-order chi connectivity index (χ0) is 20.2. The van der Waals surface area contributed by atoms with Crippen LogP contribution in [0.4, 0.5) is 0 Å². The van der Waals surface area contributed by atoms with E-state index < -0.39 is 19.5 Å². The van der Waals surface area contributed by atoms with Crippen molar-refractivity contribution < 1.29 is 21.1 Å². The van der Waals surface area contributed by atoms with Gasteiger partial charge in [0.25, 0.3) is 0 Å². The number of para-hydroxylation sites is 2. The van der Waals surface area contributed by atoms with E-state index in [1.54, 1.807) is 18.2 Å². The first-order valence-corrected chi connectivity index (χ1v) is 7.60. The van der Waals surface area contributed by atoms with Crippen LogP contribution in [0.3, 0.4) is 0 Å². The Morgan fingerprint density at radius 1 is 1.22 bits per heavy atom. The molecule has 4 nitrogen and oxygen atoms in total. The van der Waals surface area contributed by atoms with Crippen LogP contribution in [0.25, 0.3) is 0 Å². The third-order valence-electron chi connectivity index (χ3n) is 3.69. The van der Waals surface area contributed by atoms with E-state index in [0.717, 1.165) is 12.1 Å². The Morgan fingerprint density at radius 3 is 2.74 bits per heavy atom. The summed E-state index contributed by atoms with van der Waals surface area (Å²) in [6, 6.07) is 16.0. The normalized spacial score (nSPS) is 23.5. The Morgan fingerprint density at radius 2 is 2.00 bits per heavy atom. The lowest BCUT2D eigenvalue weighted by atomic mass is 10.0. The van der Waals surface area contributed by atoms with Crippen molar-refractivity contribution in [1.29, 1.82) is 0 Å². The molecule has 0 amide bonds. The Kier molecular flexibility index (Phi) is 3.71. The Bertz CT molecular complexity index is 764. The molecule has 3 rings (SSSR count). The summed E-state index contributed by atoms with van der Waals surface area (Å²) in [6.45, 7) is -3.88. The zero-order valence-corrected chi connectivity index (χ0v) is 12.7. The second kappa shape index (κ2) is 7.99. The third kappa shape index (κ3) is 4.03. The van der Waals surface area contributed by atoms with Gasteiger partial charge in [-0.3, -0.25) is 0 Å². The van der Waals surface area contributed by atoms with E-state index in [1.807, 2.05) is 30.3 Å². The van der Waals surface area contributed by atoms with Crippen LogP contribution in [0.2, 0.25) is 0 Å². The standard InChI is InChI=1S/C19H23NO3/c1-2-21-16-10-6-7-11-17(16)23-19(15-8-4-3-5-9-15)18-14-20-12-13-22-18/h3-11,18-20H,2,12-14H2,1H3/i1D3,2D2. The van der Waals surface area contributed by atoms with E-state index >= 15 is 0 Å². The molecule has 2 aromatic carbocycles. The number of ether oxygens (including phenoxy) is 3. The van der Waals surface area contributed by atoms with Gasteiger partial charge in [-0.05, 0) is 24.5 Å². The number of rotatable bonds is 6. The van der Waals surface area contributed by atoms with Crippen LogP contribution >= 0.6 is 0 Å². The molecule has 1 N–H and O–H groups in total. The predicted molar refractivity (Wildman–Crippen MR) is 90.0 cm³/mol. The van der Waals surface area contributed by atoms with Gasteiger partial charge < -0.3 is 19.5 Å². The van der Waals surface area contributed by atoms with E-state index in [4.69, 9.17) is 21.1 Å². The first kappa shape index (κ1) is 10.7. The highest BCUT2D eigenvalue weighted by Crippen LogP contribution is 2.33. The predicted octanol–water partition coefficient (Wildman–Crippen LogP) is 3.19. The smallest absolute Gasteiger partial charge is 0.162 e. The van der Waals surface area contributed by atoms with Gasteiger partial charge in [0.05, 0.1) is 15.9 Å². The molecule has 23 heavy (non-hydrogen) atoms. The van der Waals surface area contributed by atoms with Crippen molar-refractivity contribution in [3.05, 3.63) is 60.2 Å². The van der Waals surface area contributed by atoms with Gasteiger partial charge in [-0.2, -0.15) is 0 Å². The van der Waals surface area contributed by atoms with Crippen LogP contribution < -0.4 is 14.8 Å². The summed E-state index contributed by atoms with van der Waals surface area (Å²) < 4.78 is 54.8. The van der Waals surface area contributed by atoms with Crippen molar-refractivity contribution in [1.82, 2.24) is 5.32 Å². The summed E-state index contributed by atoms with van der Waals surface area (Å²) in [5, 5.41) is 3.27. The maximum absolute atomic E-state index is 7.75. The molecule has 1 saturated heterocycles. The number of morpholine rings is 1. The minimum Gasteiger partial charge on any atom is -0.490 e. The SMILES string of the molecule is [2H]C([2H])([2H])C([2H])([2H])Oc1ccccc1OC(c1ccccc1)C1CNCCO1. The van der Waals surface area contributed by atoms with Crippen LogP contribution in [0.1, 0.15) is 25.4 Å². The molecular weight excluding hydrogens is 290 g/mol. The lowest BCUT2D eigenvalue weighted by Crippen LogP contribution is -2.43. The molecule has 0 aliphatic carbocycles. The van der Waals surface area contributed by atoms with Crippen LogP contribution in [0.15, 0.2) is 54.6 Å². The van der Waals surface area contributed by atoms with E-state index in [1.165, 1.54) is 6.07 Å². The molecule has 4 heteroatoms. The van der Waals surface area contributed by atoms with Gasteiger partial charge in [-0.25, -0.2) is 0 Å². The summed E-state index contributed by atoms with van der Waals surface area (Å²) >= 11 is 0. The number of benzene rings is 2. The monoisotopic (exact) mass is 318 g/mol. The molecule has 1 heterocycles. The van der Waals surface area contributed by atoms with Gasteiger partial charge >= 0.3 is 0 Å². The molecule has 2 aromatic rings. The molecule has 2 atom stereocenters. The molecule has 1 fully saturated rings. The summed E-state index contributed by atoms with van der Waals surface area (Å²) in [7, 11) is 0. The lowest BCUT2D eigenvalue weighted by molar-refractivity contribution is -0.0439. The number of hydrogen-bond acceptors (Lipinski definition) is 4. The lowest BCUT2D eigenvalue weighted by Gasteiger charge is -2.32. The second-order valence-corrected chi connectivity index (χ2v) is 5.21. The Labute approximate surface area is 144 Å². The molecule has 0 aromatic heterocycles. The first-order valence-electron chi connectivity index (χ1n) is 10.1. The fourth-order valence-electron chi connectivity index (χ4n) is 2.61. The quantitative estimate of drug-likeness (QED) is 0.888. The van der Waals surface area contributed by atoms with E-state index in [9.17, 15) is 0 Å². The van der Waals surface area contributed by atoms with Gasteiger partial charge in [0.15, 0.2) is 17.6 Å². The van der Waals surface area contributed by atoms with E-state index in [0.29, 0.717) is 13.2 Å². The number of hydrogen-bond donors (Lipinski definition) is 1. The van der Waals surface area contributed by atoms with Crippen LogP contribution in [0.5, 0.6) is 11.5 Å². The van der Waals surface area contributed by atoms with Crippen molar-refractivity contribution >= 4 is 0 Å². The van der Waals surface area contributed by atoms with Crippen molar-refractivity contribution in [3.63, 3.8) is 0 Å². The van der Waals surface area contributed by atoms with Crippen LogP contribution in [0, 0.1) is 0 Å². The molecule has 1 aliphatic heterocycles. The largest absolute Gasteiger partial charge is 0.490 e. The second-order valence-electron chi connectivity index (χ2n) is 5.21. The van der Waals surface area contributed by atoms with Crippen molar-refractivity contribution in [2.45, 2.75) is 19.1 Å². The third-order valence-corrected chi connectivity index (χ3v) is 3.69. The topological polar surface area (TPSA) is 39.7 Å². The van der Waals surface area contributed by atoms with Crippen LogP contribution in [-0.2, 0) is 4.74 Å². The molecule has 0 saturated carbocycles. The van der Waals surface area contributed by atoms with E-state index in [-0.39, 0.29) is 17.6 Å². The fourth-order valence-corrected chi connectivity index (χ4v) is 2.61. The molecule has 0 bridgehead atoms. The van der Waals surface area contributed by atoms with Gasteiger partial charge in [-0.15, -0.1) is 0 Å². The average molecular weight is 318 g/mol. The highest BCUT2D eigenvalue weighted by Gasteiger charge is 2.28. The average Bonchev–Trinajstić information content (AvgIpc) is 2.67. The summed E-state index contributed by atoms with van der Waals surface area (Å²) in [5.41, 5.74) is 0.893. The Hall–Kier alpha value is -2.04.